The number of ether oxygens (including phenoxy) is 1. The van der Waals surface area contributed by atoms with E-state index in [9.17, 15) is 4.79 Å². The molecule has 2 aromatic rings. The number of rotatable bonds is 5. The van der Waals surface area contributed by atoms with Crippen LogP contribution >= 0.6 is 0 Å². The number of hydrogen-bond donors (Lipinski definition) is 1. The Morgan fingerprint density at radius 2 is 2.23 bits per heavy atom. The van der Waals surface area contributed by atoms with Gasteiger partial charge in [-0.15, -0.1) is 0 Å². The zero-order valence-corrected chi connectivity index (χ0v) is 12.3. The van der Waals surface area contributed by atoms with E-state index in [0.29, 0.717) is 6.61 Å². The molecule has 116 valence electrons. The molecular formula is C16H19N3O3. The fourth-order valence-electron chi connectivity index (χ4n) is 2.35. The van der Waals surface area contributed by atoms with Crippen molar-refractivity contribution in [3.8, 4) is 5.69 Å². The van der Waals surface area contributed by atoms with E-state index in [4.69, 9.17) is 9.57 Å². The van der Waals surface area contributed by atoms with Crippen LogP contribution in [0.1, 0.15) is 24.8 Å². The second kappa shape index (κ2) is 7.20. The van der Waals surface area contributed by atoms with Crippen LogP contribution in [-0.2, 0) is 20.8 Å². The molecule has 6 heteroatoms. The van der Waals surface area contributed by atoms with Crippen molar-refractivity contribution in [1.82, 2.24) is 15.3 Å². The Kier molecular flexibility index (Phi) is 4.82. The third-order valence-electron chi connectivity index (χ3n) is 3.51. The molecule has 1 aliphatic rings. The summed E-state index contributed by atoms with van der Waals surface area (Å²) in [4.78, 5) is 17.1. The van der Waals surface area contributed by atoms with Crippen molar-refractivity contribution in [2.75, 3.05) is 6.61 Å². The molecule has 0 radical (unpaired) electrons. The zero-order chi connectivity index (χ0) is 15.2. The molecule has 0 aliphatic carbocycles. The molecule has 0 bridgehead atoms. The van der Waals surface area contributed by atoms with Crippen molar-refractivity contribution in [2.45, 2.75) is 32.0 Å². The summed E-state index contributed by atoms with van der Waals surface area (Å²) < 4.78 is 7.16. The largest absolute Gasteiger partial charge is 0.350 e. The molecule has 1 fully saturated rings. The van der Waals surface area contributed by atoms with Crippen LogP contribution in [0.2, 0.25) is 0 Å². The quantitative estimate of drug-likeness (QED) is 0.858. The molecule has 6 nitrogen and oxygen atoms in total. The lowest BCUT2D eigenvalue weighted by Gasteiger charge is -2.22. The molecule has 1 atom stereocenters. The minimum absolute atomic E-state index is 0.180. The Bertz CT molecular complexity index is 590. The molecule has 1 unspecified atom stereocenters. The lowest BCUT2D eigenvalue weighted by Crippen LogP contribution is -2.33. The first-order valence-corrected chi connectivity index (χ1v) is 7.46. The number of carbonyl (C=O) groups excluding carboxylic acids is 1. The van der Waals surface area contributed by atoms with Gasteiger partial charge in [0, 0.05) is 25.4 Å². The lowest BCUT2D eigenvalue weighted by atomic mass is 10.1. The van der Waals surface area contributed by atoms with E-state index in [-0.39, 0.29) is 18.6 Å². The first kappa shape index (κ1) is 14.7. The average Bonchev–Trinajstić information content (AvgIpc) is 3.09. The molecule has 1 aliphatic heterocycles. The zero-order valence-electron chi connectivity index (χ0n) is 12.3. The first-order chi connectivity index (χ1) is 10.8. The Morgan fingerprint density at radius 3 is 2.91 bits per heavy atom. The summed E-state index contributed by atoms with van der Waals surface area (Å²) >= 11 is 0. The molecular weight excluding hydrogens is 282 g/mol. The van der Waals surface area contributed by atoms with Crippen molar-refractivity contribution in [1.29, 1.82) is 0 Å². The molecule has 1 amide bonds. The third kappa shape index (κ3) is 3.93. The van der Waals surface area contributed by atoms with E-state index in [1.807, 2.05) is 36.5 Å². The third-order valence-corrected chi connectivity index (χ3v) is 3.51. The summed E-state index contributed by atoms with van der Waals surface area (Å²) in [6.45, 7) is 0.690. The highest BCUT2D eigenvalue weighted by atomic mass is 16.8. The Hall–Kier alpha value is -2.18. The fourth-order valence-corrected chi connectivity index (χ4v) is 2.35. The average molecular weight is 301 g/mol. The second-order valence-corrected chi connectivity index (χ2v) is 5.23. The van der Waals surface area contributed by atoms with E-state index in [2.05, 4.69) is 10.6 Å². The monoisotopic (exact) mass is 301 g/mol. The van der Waals surface area contributed by atoms with Crippen molar-refractivity contribution < 1.29 is 14.4 Å². The summed E-state index contributed by atoms with van der Waals surface area (Å²) in [5.74, 6) is -0.180. The van der Waals surface area contributed by atoms with Crippen molar-refractivity contribution in [3.63, 3.8) is 0 Å². The maximum atomic E-state index is 11.9. The van der Waals surface area contributed by atoms with E-state index in [1.165, 1.54) is 0 Å². The van der Waals surface area contributed by atoms with Gasteiger partial charge in [0.05, 0.1) is 12.1 Å². The molecule has 1 aromatic carbocycles. The van der Waals surface area contributed by atoms with Crippen molar-refractivity contribution in [2.24, 2.45) is 0 Å². The number of nitrogens with zero attached hydrogens (tertiary/aromatic N) is 2. The standard InChI is InChI=1S/C16H19N3O3/c20-15(18-22-16-4-1-2-11-21-16)12-13-5-7-14(8-6-13)19-10-3-9-17-19/h3,5-10,16H,1-2,4,11-12H2,(H,18,20). The second-order valence-electron chi connectivity index (χ2n) is 5.23. The molecule has 0 spiro atoms. The van der Waals surface area contributed by atoms with Gasteiger partial charge in [0.15, 0.2) is 6.29 Å². The summed E-state index contributed by atoms with van der Waals surface area (Å²) in [6, 6.07) is 9.55. The van der Waals surface area contributed by atoms with Gasteiger partial charge in [-0.05, 0) is 36.6 Å². The number of benzene rings is 1. The highest BCUT2D eigenvalue weighted by molar-refractivity contribution is 5.77. The van der Waals surface area contributed by atoms with Crippen LogP contribution in [0, 0.1) is 0 Å². The topological polar surface area (TPSA) is 65.4 Å². The van der Waals surface area contributed by atoms with E-state index in [0.717, 1.165) is 30.5 Å². The van der Waals surface area contributed by atoms with Gasteiger partial charge >= 0.3 is 0 Å². The highest BCUT2D eigenvalue weighted by Gasteiger charge is 2.15. The van der Waals surface area contributed by atoms with Gasteiger partial charge in [-0.25, -0.2) is 15.0 Å². The van der Waals surface area contributed by atoms with Crippen LogP contribution in [0.5, 0.6) is 0 Å². The van der Waals surface area contributed by atoms with Crippen LogP contribution < -0.4 is 5.48 Å². The van der Waals surface area contributed by atoms with E-state index in [1.54, 1.807) is 10.9 Å². The van der Waals surface area contributed by atoms with Crippen LogP contribution in [-0.4, -0.2) is 28.6 Å². The van der Waals surface area contributed by atoms with E-state index < -0.39 is 0 Å². The van der Waals surface area contributed by atoms with Crippen molar-refractivity contribution >= 4 is 5.91 Å². The number of aromatic nitrogens is 2. The normalized spacial score (nSPS) is 18.1. The lowest BCUT2D eigenvalue weighted by molar-refractivity contribution is -0.200. The Balaban J connectivity index is 1.48. The van der Waals surface area contributed by atoms with Gasteiger partial charge in [-0.2, -0.15) is 5.10 Å². The minimum Gasteiger partial charge on any atom is -0.350 e. The number of hydrogen-bond acceptors (Lipinski definition) is 4. The molecule has 2 heterocycles. The SMILES string of the molecule is O=C(Cc1ccc(-n2cccn2)cc1)NOC1CCCCO1. The van der Waals surface area contributed by atoms with Gasteiger partial charge in [-0.1, -0.05) is 12.1 Å². The molecule has 1 aromatic heterocycles. The molecule has 1 saturated heterocycles. The van der Waals surface area contributed by atoms with E-state index >= 15 is 0 Å². The van der Waals surface area contributed by atoms with Gasteiger partial charge in [-0.3, -0.25) is 4.79 Å². The maximum absolute atomic E-state index is 11.9. The van der Waals surface area contributed by atoms with Crippen LogP contribution in [0.3, 0.4) is 0 Å². The smallest absolute Gasteiger partial charge is 0.248 e. The van der Waals surface area contributed by atoms with Gasteiger partial charge < -0.3 is 4.74 Å². The number of carbonyl (C=O) groups is 1. The summed E-state index contributed by atoms with van der Waals surface area (Å²) in [7, 11) is 0. The number of amides is 1. The number of hydroxylamine groups is 1. The molecule has 1 N–H and O–H groups in total. The van der Waals surface area contributed by atoms with Crippen LogP contribution in [0.25, 0.3) is 5.69 Å². The van der Waals surface area contributed by atoms with Crippen LogP contribution in [0.15, 0.2) is 42.7 Å². The molecule has 22 heavy (non-hydrogen) atoms. The summed E-state index contributed by atoms with van der Waals surface area (Å²) in [5, 5.41) is 4.16. The van der Waals surface area contributed by atoms with Gasteiger partial charge in [0.25, 0.3) is 0 Å². The first-order valence-electron chi connectivity index (χ1n) is 7.46. The maximum Gasteiger partial charge on any atom is 0.248 e. The fraction of sp³-hybridized carbons (Fsp3) is 0.375. The highest BCUT2D eigenvalue weighted by Crippen LogP contribution is 2.13. The molecule has 0 saturated carbocycles. The Morgan fingerprint density at radius 1 is 1.36 bits per heavy atom. The summed E-state index contributed by atoms with van der Waals surface area (Å²) in [6.07, 6.45) is 6.49. The molecule has 3 rings (SSSR count). The van der Waals surface area contributed by atoms with Gasteiger partial charge in [0.2, 0.25) is 5.91 Å². The van der Waals surface area contributed by atoms with Gasteiger partial charge in [0.1, 0.15) is 0 Å². The predicted molar refractivity (Wildman–Crippen MR) is 80.1 cm³/mol. The van der Waals surface area contributed by atoms with Crippen molar-refractivity contribution in [3.05, 3.63) is 48.3 Å². The summed E-state index contributed by atoms with van der Waals surface area (Å²) in [5.41, 5.74) is 4.34. The number of nitrogens with one attached hydrogen (secondary N) is 1. The minimum atomic E-state index is -0.320. The Labute approximate surface area is 129 Å². The predicted octanol–water partition coefficient (Wildman–Crippen LogP) is 1.99. The van der Waals surface area contributed by atoms with Crippen LogP contribution in [0.4, 0.5) is 0 Å².